The van der Waals surface area contributed by atoms with Crippen molar-refractivity contribution in [3.63, 3.8) is 0 Å². The lowest BCUT2D eigenvalue weighted by atomic mass is 10.0. The molecule has 3 aromatic rings. The Kier molecular flexibility index (Phi) is 16.0. The van der Waals surface area contributed by atoms with Gasteiger partial charge in [-0.2, -0.15) is 0 Å². The van der Waals surface area contributed by atoms with E-state index in [1.54, 1.807) is 0 Å². The zero-order chi connectivity index (χ0) is 30.7. The van der Waals surface area contributed by atoms with E-state index in [0.29, 0.717) is 30.7 Å². The van der Waals surface area contributed by atoms with Crippen molar-refractivity contribution in [2.75, 3.05) is 39.3 Å². The molecule has 0 aromatic heterocycles. The van der Waals surface area contributed by atoms with Gasteiger partial charge < -0.3 is 21.7 Å². The van der Waals surface area contributed by atoms with Crippen LogP contribution in [0.15, 0.2) is 91.0 Å². The van der Waals surface area contributed by atoms with Gasteiger partial charge in [0.05, 0.1) is 0 Å². The van der Waals surface area contributed by atoms with Crippen LogP contribution in [0, 0.1) is 0 Å². The summed E-state index contributed by atoms with van der Waals surface area (Å²) in [5.41, 5.74) is 10.4. The molecule has 4 atom stereocenters. The van der Waals surface area contributed by atoms with Gasteiger partial charge in [-0.3, -0.25) is 4.90 Å². The molecule has 240 valence electrons. The van der Waals surface area contributed by atoms with Crippen LogP contribution in [-0.2, 0) is 19.3 Å². The first-order chi connectivity index (χ1) is 21.7. The molecule has 0 saturated carbocycles. The number of nitrogens with zero attached hydrogens (tertiary/aromatic N) is 1. The molecule has 44 heavy (non-hydrogen) atoms. The van der Waals surface area contributed by atoms with Crippen molar-refractivity contribution in [3.8, 4) is 0 Å². The van der Waals surface area contributed by atoms with Gasteiger partial charge in [0.15, 0.2) is 0 Å². The molecule has 1 saturated heterocycles. The monoisotopic (exact) mass is 597 g/mol. The summed E-state index contributed by atoms with van der Waals surface area (Å²) >= 11 is 0. The summed E-state index contributed by atoms with van der Waals surface area (Å²) in [6, 6.07) is 34.4. The average Bonchev–Trinajstić information content (AvgIpc) is 3.51. The first-order valence-corrected chi connectivity index (χ1v) is 17.5. The van der Waals surface area contributed by atoms with E-state index in [0.717, 1.165) is 45.4 Å². The smallest absolute Gasteiger partial charge is 0.0236 e. The summed E-state index contributed by atoms with van der Waals surface area (Å²) in [5, 5.41) is 11.8. The maximum atomic E-state index is 6.20. The molecule has 0 unspecified atom stereocenters. The predicted molar refractivity (Wildman–Crippen MR) is 188 cm³/mol. The van der Waals surface area contributed by atoms with Crippen LogP contribution in [-0.4, -0.2) is 68.3 Å². The maximum absolute atomic E-state index is 6.20. The van der Waals surface area contributed by atoms with E-state index < -0.39 is 0 Å². The second-order valence-electron chi connectivity index (χ2n) is 12.9. The highest BCUT2D eigenvalue weighted by atomic mass is 15.2. The number of likely N-dealkylation sites (tertiary alicyclic amines) is 1. The highest BCUT2D eigenvalue weighted by Gasteiger charge is 2.27. The van der Waals surface area contributed by atoms with Crippen LogP contribution in [0.4, 0.5) is 0 Å². The Balaban J connectivity index is 1.35. The van der Waals surface area contributed by atoms with Crippen LogP contribution < -0.4 is 21.7 Å². The van der Waals surface area contributed by atoms with Crippen LogP contribution >= 0.6 is 0 Å². The minimum atomic E-state index is 0.310. The van der Waals surface area contributed by atoms with Crippen LogP contribution in [0.25, 0.3) is 0 Å². The number of nitrogens with one attached hydrogen (secondary N) is 3. The zero-order valence-electron chi connectivity index (χ0n) is 27.3. The molecule has 0 amide bonds. The largest absolute Gasteiger partial charge is 0.329 e. The third kappa shape index (κ3) is 12.8. The third-order valence-electron chi connectivity index (χ3n) is 9.22. The molecular formula is C39H59N5. The molecule has 1 aliphatic rings. The fourth-order valence-electron chi connectivity index (χ4n) is 6.65. The average molecular weight is 598 g/mol. The molecule has 0 bridgehead atoms. The molecule has 1 heterocycles. The topological polar surface area (TPSA) is 65.3 Å². The van der Waals surface area contributed by atoms with Crippen molar-refractivity contribution in [2.45, 2.75) is 95.3 Å². The fraction of sp³-hybridized carbons (Fsp3) is 0.538. The maximum Gasteiger partial charge on any atom is 0.0236 e. The summed E-state index contributed by atoms with van der Waals surface area (Å²) in [6.45, 7) is 8.27. The number of nitrogens with two attached hydrogens (primary N) is 1. The zero-order valence-corrected chi connectivity index (χ0v) is 27.3. The highest BCUT2D eigenvalue weighted by Crippen LogP contribution is 2.19. The number of unbranched alkanes of at least 4 members (excludes halogenated alkanes) is 4. The van der Waals surface area contributed by atoms with E-state index in [1.807, 2.05) is 0 Å². The van der Waals surface area contributed by atoms with Gasteiger partial charge in [0.25, 0.3) is 0 Å². The van der Waals surface area contributed by atoms with Crippen LogP contribution in [0.1, 0.15) is 68.6 Å². The van der Waals surface area contributed by atoms with E-state index >= 15 is 0 Å². The van der Waals surface area contributed by atoms with Crippen molar-refractivity contribution in [2.24, 2.45) is 5.73 Å². The number of rotatable bonds is 22. The van der Waals surface area contributed by atoms with E-state index in [2.05, 4.69) is 119 Å². The van der Waals surface area contributed by atoms with E-state index in [-0.39, 0.29) is 0 Å². The van der Waals surface area contributed by atoms with Gasteiger partial charge in [-0.15, -0.1) is 0 Å². The molecule has 5 heteroatoms. The Hall–Kier alpha value is -2.54. The lowest BCUT2D eigenvalue weighted by Gasteiger charge is -2.32. The second kappa shape index (κ2) is 20.5. The molecule has 1 aliphatic heterocycles. The van der Waals surface area contributed by atoms with Crippen LogP contribution in [0.5, 0.6) is 0 Å². The minimum absolute atomic E-state index is 0.310. The normalized spacial score (nSPS) is 17.5. The Morgan fingerprint density at radius 1 is 0.682 bits per heavy atom. The molecule has 5 nitrogen and oxygen atoms in total. The molecular weight excluding hydrogens is 538 g/mol. The van der Waals surface area contributed by atoms with Crippen molar-refractivity contribution >= 4 is 0 Å². The quantitative estimate of drug-likeness (QED) is 0.107. The summed E-state index contributed by atoms with van der Waals surface area (Å²) in [7, 11) is 0. The van der Waals surface area contributed by atoms with Gasteiger partial charge in [0, 0.05) is 50.3 Å². The second-order valence-corrected chi connectivity index (χ2v) is 12.9. The lowest BCUT2D eigenvalue weighted by Crippen LogP contribution is -2.51. The highest BCUT2D eigenvalue weighted by molar-refractivity contribution is 5.18. The molecule has 5 N–H and O–H groups in total. The molecule has 0 radical (unpaired) electrons. The van der Waals surface area contributed by atoms with Gasteiger partial charge in [-0.25, -0.2) is 0 Å². The van der Waals surface area contributed by atoms with E-state index in [4.69, 9.17) is 5.73 Å². The van der Waals surface area contributed by atoms with Crippen molar-refractivity contribution in [1.29, 1.82) is 0 Å². The first kappa shape index (κ1) is 34.3. The summed E-state index contributed by atoms with van der Waals surface area (Å²) in [6.07, 6.45) is 12.2. The molecule has 3 aromatic carbocycles. The predicted octanol–water partition coefficient (Wildman–Crippen LogP) is 5.98. The Morgan fingerprint density at radius 2 is 1.25 bits per heavy atom. The standard InChI is InChI=1S/C39H59N5/c1-2-3-4-5-15-24-41-37(27-34-19-11-7-12-20-34)30-42-38(28-35-21-13-8-14-22-35)32-44-25-16-23-39(44)31-43-36(29-40)26-33-17-9-6-10-18-33/h6-14,17-22,36-39,41-43H,2-5,15-16,23-32,40H2,1H3/t36-,37-,38-,39-/m0/s1. The van der Waals surface area contributed by atoms with Crippen molar-refractivity contribution in [3.05, 3.63) is 108 Å². The van der Waals surface area contributed by atoms with Gasteiger partial charge in [-0.05, 0) is 68.3 Å². The summed E-state index contributed by atoms with van der Waals surface area (Å²) in [5.74, 6) is 0. The molecule has 1 fully saturated rings. The first-order valence-electron chi connectivity index (χ1n) is 17.5. The molecule has 0 aliphatic carbocycles. The number of hydrogen-bond donors (Lipinski definition) is 4. The van der Waals surface area contributed by atoms with Crippen molar-refractivity contribution in [1.82, 2.24) is 20.9 Å². The van der Waals surface area contributed by atoms with Crippen LogP contribution in [0.2, 0.25) is 0 Å². The summed E-state index contributed by atoms with van der Waals surface area (Å²) in [4.78, 5) is 2.73. The Bertz CT molecular complexity index is 1110. The Morgan fingerprint density at radius 3 is 1.84 bits per heavy atom. The fourth-order valence-corrected chi connectivity index (χ4v) is 6.65. The third-order valence-corrected chi connectivity index (χ3v) is 9.22. The van der Waals surface area contributed by atoms with E-state index in [9.17, 15) is 0 Å². The SMILES string of the molecule is CCCCCCCN[C@H](CN[C@@H](Cc1ccccc1)CN1CCC[C@H]1CN[C@H](CN)Cc1ccccc1)Cc1ccccc1. The summed E-state index contributed by atoms with van der Waals surface area (Å²) < 4.78 is 0. The molecule has 0 spiro atoms. The number of benzene rings is 3. The van der Waals surface area contributed by atoms with Gasteiger partial charge >= 0.3 is 0 Å². The van der Waals surface area contributed by atoms with E-state index in [1.165, 1.54) is 68.2 Å². The number of hydrogen-bond acceptors (Lipinski definition) is 5. The van der Waals surface area contributed by atoms with Gasteiger partial charge in [0.1, 0.15) is 0 Å². The lowest BCUT2D eigenvalue weighted by molar-refractivity contribution is 0.213. The Labute approximate surface area is 268 Å². The molecule has 4 rings (SSSR count). The van der Waals surface area contributed by atoms with Crippen molar-refractivity contribution < 1.29 is 0 Å². The van der Waals surface area contributed by atoms with Gasteiger partial charge in [0.2, 0.25) is 0 Å². The van der Waals surface area contributed by atoms with Gasteiger partial charge in [-0.1, -0.05) is 124 Å². The van der Waals surface area contributed by atoms with Crippen LogP contribution in [0.3, 0.4) is 0 Å². The minimum Gasteiger partial charge on any atom is -0.329 e.